The van der Waals surface area contributed by atoms with Crippen LogP contribution in [0, 0.1) is 0 Å². The molecule has 2 atom stereocenters. The lowest BCUT2D eigenvalue weighted by Crippen LogP contribution is -2.39. The minimum atomic E-state index is -4.22. The van der Waals surface area contributed by atoms with Crippen LogP contribution in [0.4, 0.5) is 0 Å². The van der Waals surface area contributed by atoms with E-state index in [1.807, 2.05) is 0 Å². The van der Waals surface area contributed by atoms with Crippen LogP contribution in [0.3, 0.4) is 0 Å². The van der Waals surface area contributed by atoms with Crippen molar-refractivity contribution >= 4 is 37.4 Å². The average Bonchev–Trinajstić information content (AvgIpc) is 2.47. The largest absolute Gasteiger partial charge is 0.390 e. The van der Waals surface area contributed by atoms with Gasteiger partial charge in [0.15, 0.2) is 0 Å². The van der Waals surface area contributed by atoms with Gasteiger partial charge in [-0.25, -0.2) is 8.37 Å². The normalized spacial score (nSPS) is 24.1. The zero-order chi connectivity index (χ0) is 19.5. The van der Waals surface area contributed by atoms with Crippen LogP contribution >= 0.6 is 0 Å². The highest BCUT2D eigenvalue weighted by Gasteiger charge is 2.37. The maximum atomic E-state index is 12.1. The van der Waals surface area contributed by atoms with E-state index >= 15 is 0 Å². The van der Waals surface area contributed by atoms with Crippen molar-refractivity contribution in [2.24, 2.45) is 0 Å². The molecule has 0 bridgehead atoms. The molecule has 0 N–H and O–H groups in total. The Balaban J connectivity index is 2.91. The Kier molecular flexibility index (Phi) is 7.86. The number of rotatable bonds is 8. The van der Waals surface area contributed by atoms with E-state index < -0.39 is 49.6 Å². The van der Waals surface area contributed by atoms with Gasteiger partial charge in [-0.15, -0.1) is 0 Å². The van der Waals surface area contributed by atoms with Gasteiger partial charge in [-0.05, 0) is 52.1 Å². The van der Waals surface area contributed by atoms with Crippen LogP contribution in [0.25, 0.3) is 0 Å². The third kappa shape index (κ3) is 10.2. The summed E-state index contributed by atoms with van der Waals surface area (Å²) in [4.78, 5) is 0. The molecule has 2 unspecified atom stereocenters. The molecule has 1 rings (SSSR count). The third-order valence-corrected chi connectivity index (χ3v) is 9.68. The van der Waals surface area contributed by atoms with Crippen LogP contribution in [0.15, 0.2) is 0 Å². The predicted molar refractivity (Wildman–Crippen MR) is 99.5 cm³/mol. The molecule has 0 amide bonds. The average molecular weight is 435 g/mol. The van der Waals surface area contributed by atoms with Crippen molar-refractivity contribution < 1.29 is 32.9 Å². The highest BCUT2D eigenvalue weighted by Crippen LogP contribution is 2.27. The van der Waals surface area contributed by atoms with Gasteiger partial charge >= 0.3 is 20.8 Å². The van der Waals surface area contributed by atoms with Crippen LogP contribution in [0.1, 0.15) is 32.1 Å². The van der Waals surface area contributed by atoms with Crippen molar-refractivity contribution in [1.29, 1.82) is 0 Å². The Labute approximate surface area is 154 Å². The van der Waals surface area contributed by atoms with Crippen molar-refractivity contribution in [2.45, 2.75) is 83.6 Å². The van der Waals surface area contributed by atoms with Crippen molar-refractivity contribution in [3.63, 3.8) is 0 Å². The van der Waals surface area contributed by atoms with Gasteiger partial charge in [-0.2, -0.15) is 16.8 Å². The lowest BCUT2D eigenvalue weighted by atomic mass is 10.1. The maximum absolute atomic E-state index is 12.1. The second-order valence-electron chi connectivity index (χ2n) is 8.12. The van der Waals surface area contributed by atoms with Crippen LogP contribution < -0.4 is 0 Å². The fraction of sp³-hybridized carbons (Fsp3) is 1.00. The molecule has 0 aromatic carbocycles. The highest BCUT2D eigenvalue weighted by atomic mass is 32.3. The van der Waals surface area contributed by atoms with Crippen LogP contribution in [-0.4, -0.2) is 45.7 Å². The van der Waals surface area contributed by atoms with E-state index in [4.69, 9.17) is 16.1 Å². The Hall–Kier alpha value is 0.174. The fourth-order valence-corrected chi connectivity index (χ4v) is 8.67. The molecule has 0 aromatic rings. The topological polar surface area (TPSA) is 105 Å². The zero-order valence-electron chi connectivity index (χ0n) is 15.8. The zero-order valence-corrected chi connectivity index (χ0v) is 19.4. The minimum Gasteiger partial charge on any atom is -0.294 e. The summed E-state index contributed by atoms with van der Waals surface area (Å²) in [6.07, 6.45) is 1.23. The molecule has 25 heavy (non-hydrogen) atoms. The first-order chi connectivity index (χ1) is 11.1. The Morgan fingerprint density at radius 1 is 0.640 bits per heavy atom. The van der Waals surface area contributed by atoms with Gasteiger partial charge in [-0.1, -0.05) is 19.3 Å². The monoisotopic (exact) mass is 434 g/mol. The number of hydrogen-bond donors (Lipinski definition) is 0. The first-order valence-corrected chi connectivity index (χ1v) is 17.8. The Bertz CT molecular complexity index is 578. The second-order valence-corrected chi connectivity index (χ2v) is 19.9. The molecule has 0 saturated heterocycles. The lowest BCUT2D eigenvalue weighted by molar-refractivity contribution is 0.0432. The summed E-state index contributed by atoms with van der Waals surface area (Å²) in [6.45, 7) is 10.3. The fourth-order valence-electron chi connectivity index (χ4n) is 2.41. The van der Waals surface area contributed by atoms with E-state index in [-0.39, 0.29) is 0 Å². The highest BCUT2D eigenvalue weighted by molar-refractivity contribution is 7.83. The summed E-state index contributed by atoms with van der Waals surface area (Å²) in [7, 11) is -13.2. The van der Waals surface area contributed by atoms with Gasteiger partial charge < -0.3 is 0 Å². The van der Waals surface area contributed by atoms with Crippen molar-refractivity contribution in [3.05, 3.63) is 0 Å². The van der Waals surface area contributed by atoms with Gasteiger partial charge in [0.25, 0.3) is 0 Å². The molecule has 8 nitrogen and oxygen atoms in total. The quantitative estimate of drug-likeness (QED) is 0.424. The SMILES string of the molecule is C[Si](C)(C)OS(=O)(=O)OC1CCCCCC1OS(=O)(=O)O[Si](C)(C)C. The molecule has 1 aliphatic carbocycles. The van der Waals surface area contributed by atoms with Crippen LogP contribution in [-0.2, 0) is 36.9 Å². The summed E-state index contributed by atoms with van der Waals surface area (Å²) < 4.78 is 69.0. The van der Waals surface area contributed by atoms with E-state index in [2.05, 4.69) is 0 Å². The van der Waals surface area contributed by atoms with Gasteiger partial charge in [0.2, 0.25) is 16.6 Å². The molecule has 0 spiro atoms. The van der Waals surface area contributed by atoms with Crippen molar-refractivity contribution in [1.82, 2.24) is 0 Å². The third-order valence-electron chi connectivity index (χ3n) is 3.08. The summed E-state index contributed by atoms with van der Waals surface area (Å²) >= 11 is 0. The van der Waals surface area contributed by atoms with Gasteiger partial charge in [0.1, 0.15) is 12.2 Å². The molecule has 0 aromatic heterocycles. The molecule has 12 heteroatoms. The molecule has 0 aliphatic heterocycles. The Morgan fingerprint density at radius 3 is 1.24 bits per heavy atom. The smallest absolute Gasteiger partial charge is 0.294 e. The summed E-state index contributed by atoms with van der Waals surface area (Å²) in [5.74, 6) is 0. The lowest BCUT2D eigenvalue weighted by Gasteiger charge is -2.26. The van der Waals surface area contributed by atoms with Crippen molar-refractivity contribution in [3.8, 4) is 0 Å². The predicted octanol–water partition coefficient (Wildman–Crippen LogP) is 2.91. The molecule has 0 heterocycles. The summed E-state index contributed by atoms with van der Waals surface area (Å²) in [5, 5.41) is 0. The van der Waals surface area contributed by atoms with Gasteiger partial charge in [-0.3, -0.25) is 7.74 Å². The van der Waals surface area contributed by atoms with E-state index in [0.717, 1.165) is 19.3 Å². The van der Waals surface area contributed by atoms with E-state index in [0.29, 0.717) is 12.8 Å². The molecule has 1 saturated carbocycles. The number of hydrogen-bond acceptors (Lipinski definition) is 8. The van der Waals surface area contributed by atoms with E-state index in [1.165, 1.54) is 0 Å². The first-order valence-electron chi connectivity index (χ1n) is 8.36. The molecule has 0 radical (unpaired) electrons. The Morgan fingerprint density at radius 2 is 0.960 bits per heavy atom. The second kappa shape index (κ2) is 8.46. The molecule has 1 fully saturated rings. The minimum absolute atomic E-state index is 0.376. The van der Waals surface area contributed by atoms with Crippen molar-refractivity contribution in [2.75, 3.05) is 0 Å². The molecular weight excluding hydrogens is 404 g/mol. The van der Waals surface area contributed by atoms with E-state index in [1.54, 1.807) is 39.3 Å². The van der Waals surface area contributed by atoms with Crippen LogP contribution in [0.5, 0.6) is 0 Å². The van der Waals surface area contributed by atoms with Gasteiger partial charge in [0.05, 0.1) is 0 Å². The molecule has 150 valence electrons. The summed E-state index contributed by atoms with van der Waals surface area (Å²) in [6, 6.07) is 0. The van der Waals surface area contributed by atoms with Crippen LogP contribution in [0.2, 0.25) is 39.3 Å². The molecule has 1 aliphatic rings. The standard InChI is InChI=1S/C13H30O8S2Si2/c1-24(2,3)20-22(14,15)18-12-10-8-7-9-11-13(12)19-23(16,17)21-25(4,5)6/h12-13H,7-11H2,1-6H3. The van der Waals surface area contributed by atoms with Gasteiger partial charge in [0, 0.05) is 0 Å². The summed E-state index contributed by atoms with van der Waals surface area (Å²) in [5.41, 5.74) is 0. The maximum Gasteiger partial charge on any atom is 0.390 e. The molecular formula is C13H30O8S2Si2. The van der Waals surface area contributed by atoms with E-state index in [9.17, 15) is 16.8 Å². The first kappa shape index (κ1) is 23.2.